The first-order valence-corrected chi connectivity index (χ1v) is 8.25. The highest BCUT2D eigenvalue weighted by atomic mass is 32.1. The maximum absolute atomic E-state index is 11.8. The van der Waals surface area contributed by atoms with Crippen molar-refractivity contribution in [2.24, 2.45) is 5.10 Å². The van der Waals surface area contributed by atoms with E-state index < -0.39 is 5.91 Å². The molecule has 25 heavy (non-hydrogen) atoms. The van der Waals surface area contributed by atoms with Gasteiger partial charge >= 0.3 is 0 Å². The van der Waals surface area contributed by atoms with Crippen LogP contribution in [0.15, 0.2) is 23.3 Å². The van der Waals surface area contributed by atoms with E-state index in [1.54, 1.807) is 0 Å². The molecule has 0 unspecified atom stereocenters. The van der Waals surface area contributed by atoms with Crippen LogP contribution in [-0.2, 0) is 16.0 Å². The molecule has 132 valence electrons. The number of rotatable bonds is 7. The summed E-state index contributed by atoms with van der Waals surface area (Å²) in [6.45, 7) is 1.90. The molecule has 2 rings (SSSR count). The number of nitrogens with one attached hydrogen (secondary N) is 2. The van der Waals surface area contributed by atoms with Crippen molar-refractivity contribution in [3.63, 3.8) is 0 Å². The van der Waals surface area contributed by atoms with Crippen molar-refractivity contribution in [3.05, 3.63) is 28.8 Å². The minimum atomic E-state index is -0.419. The van der Waals surface area contributed by atoms with Crippen molar-refractivity contribution in [2.75, 3.05) is 5.32 Å². The number of carbonyl (C=O) groups excluding carboxylic acids is 2. The zero-order chi connectivity index (χ0) is 18.2. The molecule has 0 atom stereocenters. The molecule has 4 N–H and O–H groups in total. The van der Waals surface area contributed by atoms with Crippen molar-refractivity contribution < 1.29 is 19.8 Å². The van der Waals surface area contributed by atoms with E-state index >= 15 is 0 Å². The van der Waals surface area contributed by atoms with Crippen molar-refractivity contribution in [1.29, 1.82) is 0 Å². The van der Waals surface area contributed by atoms with Gasteiger partial charge in [-0.2, -0.15) is 5.10 Å². The summed E-state index contributed by atoms with van der Waals surface area (Å²) < 4.78 is 0. The molecule has 0 aliphatic rings. The summed E-state index contributed by atoms with van der Waals surface area (Å²) in [6, 6.07) is 4.01. The second kappa shape index (κ2) is 8.73. The summed E-state index contributed by atoms with van der Waals surface area (Å²) in [4.78, 5) is 23.3. The number of phenolic OH excluding ortho intramolecular Hbond substituents is 2. The number of aromatic hydroxyl groups is 2. The van der Waals surface area contributed by atoms with E-state index in [-0.39, 0.29) is 23.8 Å². The topological polar surface area (TPSA) is 137 Å². The number of hydrogen-bond donors (Lipinski definition) is 4. The summed E-state index contributed by atoms with van der Waals surface area (Å²) in [5.41, 5.74) is 2.64. The molecular weight excluding hydrogens is 346 g/mol. The van der Waals surface area contributed by atoms with E-state index in [9.17, 15) is 19.8 Å². The minimum absolute atomic E-state index is 0.0415. The monoisotopic (exact) mass is 363 g/mol. The van der Waals surface area contributed by atoms with Crippen molar-refractivity contribution in [3.8, 4) is 11.5 Å². The van der Waals surface area contributed by atoms with Gasteiger partial charge in [0, 0.05) is 18.1 Å². The lowest BCUT2D eigenvalue weighted by atomic mass is 10.2. The zero-order valence-corrected chi connectivity index (χ0v) is 14.2. The third-order valence-electron chi connectivity index (χ3n) is 2.91. The second-order valence-corrected chi connectivity index (χ2v) is 6.07. The van der Waals surface area contributed by atoms with Crippen molar-refractivity contribution in [2.45, 2.75) is 26.2 Å². The molecule has 0 saturated carbocycles. The highest BCUT2D eigenvalue weighted by Gasteiger charge is 2.10. The number of carbonyl (C=O) groups is 2. The first-order chi connectivity index (χ1) is 12.0. The van der Waals surface area contributed by atoms with Crippen molar-refractivity contribution >= 4 is 34.5 Å². The lowest BCUT2D eigenvalue weighted by Crippen LogP contribution is -2.19. The number of anilines is 1. The van der Waals surface area contributed by atoms with Gasteiger partial charge in [0.1, 0.15) is 16.5 Å². The Bertz CT molecular complexity index is 790. The molecule has 0 radical (unpaired) electrons. The Balaban J connectivity index is 1.85. The van der Waals surface area contributed by atoms with Gasteiger partial charge in [0.05, 0.1) is 12.6 Å². The summed E-state index contributed by atoms with van der Waals surface area (Å²) in [6.07, 6.45) is 2.34. The van der Waals surface area contributed by atoms with Gasteiger partial charge < -0.3 is 15.5 Å². The lowest BCUT2D eigenvalue weighted by molar-refractivity contribution is -0.120. The molecule has 1 heterocycles. The molecule has 0 fully saturated rings. The molecule has 2 aromatic rings. The summed E-state index contributed by atoms with van der Waals surface area (Å²) in [5.74, 6) is -0.795. The molecule has 0 bridgehead atoms. The van der Waals surface area contributed by atoms with E-state index in [1.807, 2.05) is 6.92 Å². The lowest BCUT2D eigenvalue weighted by Gasteiger charge is -2.00. The minimum Gasteiger partial charge on any atom is -0.508 e. The Morgan fingerprint density at radius 2 is 2.08 bits per heavy atom. The van der Waals surface area contributed by atoms with Crippen LogP contribution < -0.4 is 10.7 Å². The summed E-state index contributed by atoms with van der Waals surface area (Å²) >= 11 is 1.11. The van der Waals surface area contributed by atoms with E-state index in [2.05, 4.69) is 26.0 Å². The predicted octanol–water partition coefficient (Wildman–Crippen LogP) is 1.38. The Labute approximate surface area is 147 Å². The van der Waals surface area contributed by atoms with Crippen LogP contribution in [-0.4, -0.2) is 38.4 Å². The van der Waals surface area contributed by atoms with Gasteiger partial charge in [0.2, 0.25) is 16.9 Å². The number of nitrogens with zero attached hydrogens (tertiary/aromatic N) is 3. The molecule has 2 amide bonds. The van der Waals surface area contributed by atoms with Crippen LogP contribution in [0.4, 0.5) is 5.13 Å². The first-order valence-electron chi connectivity index (χ1n) is 7.44. The molecule has 0 aliphatic heterocycles. The van der Waals surface area contributed by atoms with Gasteiger partial charge in [0.15, 0.2) is 0 Å². The molecule has 0 aliphatic carbocycles. The Hall–Kier alpha value is -3.01. The Morgan fingerprint density at radius 1 is 1.28 bits per heavy atom. The first kappa shape index (κ1) is 18.3. The maximum Gasteiger partial charge on any atom is 0.247 e. The number of aromatic nitrogens is 2. The zero-order valence-electron chi connectivity index (χ0n) is 13.4. The van der Waals surface area contributed by atoms with Gasteiger partial charge in [-0.15, -0.1) is 10.2 Å². The highest BCUT2D eigenvalue weighted by molar-refractivity contribution is 7.15. The molecule has 0 spiro atoms. The molecular formula is C15H17N5O4S. The van der Waals surface area contributed by atoms with Gasteiger partial charge in [0.25, 0.3) is 0 Å². The van der Waals surface area contributed by atoms with Gasteiger partial charge in [-0.3, -0.25) is 9.59 Å². The number of hydrogen-bond acceptors (Lipinski definition) is 8. The third-order valence-corrected chi connectivity index (χ3v) is 3.75. The number of benzene rings is 1. The van der Waals surface area contributed by atoms with Crippen LogP contribution in [0, 0.1) is 0 Å². The predicted molar refractivity (Wildman–Crippen MR) is 92.7 cm³/mol. The third kappa shape index (κ3) is 5.84. The fourth-order valence-electron chi connectivity index (χ4n) is 1.78. The standard InChI is InChI=1S/C15H17N5O4S/c1-2-3-12(23)17-15-20-19-14(25-15)7-13(24)18-16-8-9-4-5-10(21)6-11(9)22/h4-6,8,21-22H,2-3,7H2,1H3,(H,18,24)(H,17,20,23)/b16-8-. The second-order valence-electron chi connectivity index (χ2n) is 5.01. The average molecular weight is 363 g/mol. The van der Waals surface area contributed by atoms with E-state index in [1.165, 1.54) is 24.4 Å². The van der Waals surface area contributed by atoms with Crippen LogP contribution in [0.2, 0.25) is 0 Å². The molecule has 9 nitrogen and oxygen atoms in total. The van der Waals surface area contributed by atoms with Crippen LogP contribution >= 0.6 is 11.3 Å². The van der Waals surface area contributed by atoms with E-state index in [0.29, 0.717) is 22.1 Å². The number of phenols is 2. The normalized spacial score (nSPS) is 10.8. The largest absolute Gasteiger partial charge is 0.508 e. The Morgan fingerprint density at radius 3 is 2.80 bits per heavy atom. The van der Waals surface area contributed by atoms with E-state index in [0.717, 1.165) is 17.8 Å². The average Bonchev–Trinajstić information content (AvgIpc) is 2.96. The fraction of sp³-hybridized carbons (Fsp3) is 0.267. The number of hydrazone groups is 1. The van der Waals surface area contributed by atoms with E-state index in [4.69, 9.17) is 0 Å². The molecule has 10 heteroatoms. The molecule has 1 aromatic heterocycles. The summed E-state index contributed by atoms with van der Waals surface area (Å²) in [5, 5.41) is 33.5. The number of amides is 2. The van der Waals surface area contributed by atoms with Crippen LogP contribution in [0.25, 0.3) is 0 Å². The fourth-order valence-corrected chi connectivity index (χ4v) is 2.53. The molecule has 1 aromatic carbocycles. The quantitative estimate of drug-likeness (QED) is 0.433. The molecule has 0 saturated heterocycles. The smallest absolute Gasteiger partial charge is 0.247 e. The van der Waals surface area contributed by atoms with Gasteiger partial charge in [-0.05, 0) is 18.6 Å². The van der Waals surface area contributed by atoms with Gasteiger partial charge in [-0.25, -0.2) is 5.43 Å². The maximum atomic E-state index is 11.8. The van der Waals surface area contributed by atoms with Gasteiger partial charge in [-0.1, -0.05) is 18.3 Å². The highest BCUT2D eigenvalue weighted by Crippen LogP contribution is 2.20. The van der Waals surface area contributed by atoms with Crippen LogP contribution in [0.5, 0.6) is 11.5 Å². The Kier molecular flexibility index (Phi) is 6.40. The van der Waals surface area contributed by atoms with Crippen molar-refractivity contribution in [1.82, 2.24) is 15.6 Å². The SMILES string of the molecule is CCCC(=O)Nc1nnc(CC(=O)N/N=C\c2ccc(O)cc2O)s1. The van der Waals surface area contributed by atoms with Crippen LogP contribution in [0.1, 0.15) is 30.3 Å². The van der Waals surface area contributed by atoms with Crippen LogP contribution in [0.3, 0.4) is 0 Å². The summed E-state index contributed by atoms with van der Waals surface area (Å²) in [7, 11) is 0.